The molecule has 0 aliphatic rings. The van der Waals surface area contributed by atoms with Crippen molar-refractivity contribution in [3.63, 3.8) is 0 Å². The van der Waals surface area contributed by atoms with E-state index >= 15 is 0 Å². The van der Waals surface area contributed by atoms with Crippen molar-refractivity contribution in [3.8, 4) is 17.3 Å². The maximum Gasteiger partial charge on any atom is 0.266 e. The molecule has 7 heteroatoms. The molecule has 3 aromatic heterocycles. The number of hydrogen-bond acceptors (Lipinski definition) is 6. The molecule has 3 heterocycles. The number of ether oxygens (including phenoxy) is 1. The molecule has 4 rings (SSSR count). The van der Waals surface area contributed by atoms with Crippen LogP contribution in [-0.2, 0) is 13.7 Å². The first kappa shape index (κ1) is 17.9. The van der Waals surface area contributed by atoms with Crippen LogP contribution in [0.4, 0.5) is 0 Å². The first-order chi connectivity index (χ1) is 13.5. The number of nitrogens with zero attached hydrogens (tertiary/aromatic N) is 4. The number of oxazole rings is 1. The average Bonchev–Trinajstić information content (AvgIpc) is 3.12. The van der Waals surface area contributed by atoms with Crippen LogP contribution < -0.4 is 10.3 Å². The van der Waals surface area contributed by atoms with Gasteiger partial charge in [-0.15, -0.1) is 0 Å². The molecule has 0 radical (unpaired) electrons. The first-order valence-electron chi connectivity index (χ1n) is 9.02. The number of aromatic nitrogens is 4. The van der Waals surface area contributed by atoms with Crippen LogP contribution in [0.1, 0.15) is 31.0 Å². The van der Waals surface area contributed by atoms with Crippen molar-refractivity contribution in [1.29, 1.82) is 0 Å². The summed E-state index contributed by atoms with van der Waals surface area (Å²) in [5, 5.41) is 4.16. The smallest absolute Gasteiger partial charge is 0.266 e. The lowest BCUT2D eigenvalue weighted by Crippen LogP contribution is -2.18. The molecule has 4 aromatic rings. The molecule has 0 unspecified atom stereocenters. The summed E-state index contributed by atoms with van der Waals surface area (Å²) < 4.78 is 12.8. The molecule has 0 bridgehead atoms. The molecule has 0 atom stereocenters. The lowest BCUT2D eigenvalue weighted by Gasteiger charge is -2.08. The predicted molar refractivity (Wildman–Crippen MR) is 105 cm³/mol. The summed E-state index contributed by atoms with van der Waals surface area (Å²) in [5.74, 6) is 1.48. The summed E-state index contributed by atoms with van der Waals surface area (Å²) in [6, 6.07) is 12.5. The molecule has 1 aromatic carbocycles. The van der Waals surface area contributed by atoms with Crippen LogP contribution in [0, 0.1) is 0 Å². The largest absolute Gasteiger partial charge is 0.487 e. The van der Waals surface area contributed by atoms with E-state index in [1.165, 1.54) is 16.3 Å². The van der Waals surface area contributed by atoms with E-state index in [-0.39, 0.29) is 5.56 Å². The molecule has 0 aliphatic carbocycles. The van der Waals surface area contributed by atoms with Crippen molar-refractivity contribution >= 4 is 11.1 Å². The second kappa shape index (κ2) is 7.26. The Morgan fingerprint density at radius 3 is 2.71 bits per heavy atom. The van der Waals surface area contributed by atoms with E-state index in [9.17, 15) is 4.79 Å². The van der Waals surface area contributed by atoms with E-state index in [0.29, 0.717) is 41.0 Å². The highest BCUT2D eigenvalue weighted by Gasteiger charge is 2.11. The van der Waals surface area contributed by atoms with Crippen molar-refractivity contribution < 1.29 is 9.15 Å². The molecule has 28 heavy (non-hydrogen) atoms. The zero-order chi connectivity index (χ0) is 19.7. The lowest BCUT2D eigenvalue weighted by atomic mass is 10.1. The van der Waals surface area contributed by atoms with Gasteiger partial charge in [-0.3, -0.25) is 9.78 Å². The third-order valence-corrected chi connectivity index (χ3v) is 4.44. The van der Waals surface area contributed by atoms with Crippen LogP contribution in [0.25, 0.3) is 22.7 Å². The minimum absolute atomic E-state index is 0.189. The van der Waals surface area contributed by atoms with Gasteiger partial charge < -0.3 is 9.15 Å². The molecule has 0 fully saturated rings. The van der Waals surface area contributed by atoms with E-state index < -0.39 is 0 Å². The van der Waals surface area contributed by atoms with Crippen LogP contribution in [0.15, 0.2) is 57.9 Å². The maximum absolute atomic E-state index is 11.5. The van der Waals surface area contributed by atoms with Crippen molar-refractivity contribution in [1.82, 2.24) is 19.7 Å². The van der Waals surface area contributed by atoms with E-state index in [1.54, 1.807) is 19.2 Å². The van der Waals surface area contributed by atoms with Gasteiger partial charge in [-0.2, -0.15) is 5.10 Å². The van der Waals surface area contributed by atoms with Gasteiger partial charge >= 0.3 is 0 Å². The van der Waals surface area contributed by atoms with Crippen LogP contribution >= 0.6 is 0 Å². The molecule has 0 saturated carbocycles. The summed E-state index contributed by atoms with van der Waals surface area (Å²) in [4.78, 5) is 20.4. The maximum atomic E-state index is 11.5. The van der Waals surface area contributed by atoms with E-state index in [2.05, 4.69) is 35.0 Å². The molecular formula is C21H20N4O3. The highest BCUT2D eigenvalue weighted by Crippen LogP contribution is 2.26. The molecule has 0 spiro atoms. The zero-order valence-electron chi connectivity index (χ0n) is 15.9. The van der Waals surface area contributed by atoms with Gasteiger partial charge in [0.2, 0.25) is 5.89 Å². The van der Waals surface area contributed by atoms with Gasteiger partial charge in [-0.05, 0) is 35.7 Å². The standard InChI is InChI=1S/C21H20N4O3/c1-13(2)14-4-5-15(22-11-14)12-27-16-6-8-19-18(10-16)23-21(28-19)17-7-9-20(26)25(3)24-17/h4-11,13H,12H2,1-3H3. The molecule has 0 aliphatic heterocycles. The molecule has 0 saturated heterocycles. The van der Waals surface area contributed by atoms with Gasteiger partial charge in [0.1, 0.15) is 23.6 Å². The Labute approximate surface area is 161 Å². The number of benzene rings is 1. The van der Waals surface area contributed by atoms with Crippen LogP contribution in [0.5, 0.6) is 5.75 Å². The quantitative estimate of drug-likeness (QED) is 0.528. The van der Waals surface area contributed by atoms with Crippen LogP contribution in [0.3, 0.4) is 0 Å². The van der Waals surface area contributed by atoms with Crippen molar-refractivity contribution in [3.05, 3.63) is 70.3 Å². The summed E-state index contributed by atoms with van der Waals surface area (Å²) >= 11 is 0. The lowest BCUT2D eigenvalue weighted by molar-refractivity contribution is 0.301. The van der Waals surface area contributed by atoms with Crippen LogP contribution in [-0.4, -0.2) is 19.7 Å². The molecule has 7 nitrogen and oxygen atoms in total. The Bertz CT molecular complexity index is 1180. The van der Waals surface area contributed by atoms with Crippen molar-refractivity contribution in [2.75, 3.05) is 0 Å². The minimum atomic E-state index is -0.189. The first-order valence-corrected chi connectivity index (χ1v) is 9.02. The Morgan fingerprint density at radius 2 is 2.00 bits per heavy atom. The number of rotatable bonds is 5. The van der Waals surface area contributed by atoms with Gasteiger partial charge in [0.15, 0.2) is 5.58 Å². The Balaban J connectivity index is 1.52. The second-order valence-electron chi connectivity index (χ2n) is 6.86. The molecule has 0 N–H and O–H groups in total. The third kappa shape index (κ3) is 3.64. The van der Waals surface area contributed by atoms with Gasteiger partial charge in [0, 0.05) is 25.4 Å². The fourth-order valence-electron chi connectivity index (χ4n) is 2.74. The SMILES string of the molecule is CC(C)c1ccc(COc2ccc3oc(-c4ccc(=O)n(C)n4)nc3c2)nc1. The summed E-state index contributed by atoms with van der Waals surface area (Å²) in [6.45, 7) is 4.65. The van der Waals surface area contributed by atoms with Crippen molar-refractivity contribution in [2.24, 2.45) is 7.05 Å². The van der Waals surface area contributed by atoms with E-state index in [4.69, 9.17) is 9.15 Å². The third-order valence-electron chi connectivity index (χ3n) is 4.44. The number of pyridine rings is 1. The topological polar surface area (TPSA) is 83.0 Å². The minimum Gasteiger partial charge on any atom is -0.487 e. The number of hydrogen-bond donors (Lipinski definition) is 0. The van der Waals surface area contributed by atoms with E-state index in [1.807, 2.05) is 24.4 Å². The number of fused-ring (bicyclic) bond motifs is 1. The molecule has 0 amide bonds. The normalized spacial score (nSPS) is 11.3. The summed E-state index contributed by atoms with van der Waals surface area (Å²) in [5.41, 5.74) is 3.65. The molecule has 142 valence electrons. The Hall–Kier alpha value is -3.48. The van der Waals surface area contributed by atoms with Crippen molar-refractivity contribution in [2.45, 2.75) is 26.4 Å². The fraction of sp³-hybridized carbons (Fsp3) is 0.238. The monoisotopic (exact) mass is 376 g/mol. The van der Waals surface area contributed by atoms with Crippen LogP contribution in [0.2, 0.25) is 0 Å². The molecular weight excluding hydrogens is 356 g/mol. The van der Waals surface area contributed by atoms with Gasteiger partial charge in [0.05, 0.1) is 5.69 Å². The fourth-order valence-corrected chi connectivity index (χ4v) is 2.74. The number of aryl methyl sites for hydroxylation is 1. The summed E-state index contributed by atoms with van der Waals surface area (Å²) in [7, 11) is 1.59. The zero-order valence-corrected chi connectivity index (χ0v) is 15.9. The Morgan fingerprint density at radius 1 is 1.14 bits per heavy atom. The average molecular weight is 376 g/mol. The summed E-state index contributed by atoms with van der Waals surface area (Å²) in [6.07, 6.45) is 1.89. The Kier molecular flexibility index (Phi) is 4.65. The van der Waals surface area contributed by atoms with Gasteiger partial charge in [-0.1, -0.05) is 19.9 Å². The van der Waals surface area contributed by atoms with Gasteiger partial charge in [-0.25, -0.2) is 9.67 Å². The van der Waals surface area contributed by atoms with E-state index in [0.717, 1.165) is 5.69 Å². The highest BCUT2D eigenvalue weighted by molar-refractivity contribution is 5.77. The second-order valence-corrected chi connectivity index (χ2v) is 6.86. The highest BCUT2D eigenvalue weighted by atomic mass is 16.5. The van der Waals surface area contributed by atoms with Gasteiger partial charge in [0.25, 0.3) is 5.56 Å². The predicted octanol–water partition coefficient (Wildman–Crippen LogP) is 3.69.